The van der Waals surface area contributed by atoms with Gasteiger partial charge in [0.15, 0.2) is 0 Å². The average molecular weight is 231 g/mol. The minimum absolute atomic E-state index is 0.0273. The zero-order chi connectivity index (χ0) is 13.4. The molecule has 0 aliphatic carbocycles. The van der Waals surface area contributed by atoms with E-state index in [1.165, 1.54) is 5.56 Å². The molecule has 1 rings (SSSR count). The summed E-state index contributed by atoms with van der Waals surface area (Å²) in [4.78, 5) is 11.4. The number of hydrogen-bond acceptors (Lipinski definition) is 1. The van der Waals surface area contributed by atoms with Gasteiger partial charge in [0.2, 0.25) is 6.29 Å². The molecule has 0 spiro atoms. The smallest absolute Gasteiger partial charge is 0.234 e. The van der Waals surface area contributed by atoms with E-state index >= 15 is 0 Å². The predicted octanol–water partition coefficient (Wildman–Crippen LogP) is 4.05. The van der Waals surface area contributed by atoms with Crippen LogP contribution in [0.15, 0.2) is 12.1 Å². The van der Waals surface area contributed by atoms with Crippen molar-refractivity contribution in [2.45, 2.75) is 59.3 Å². The first-order chi connectivity index (χ1) is 7.59. The highest BCUT2D eigenvalue weighted by molar-refractivity contribution is 5.82. The molecule has 1 aromatic carbocycles. The van der Waals surface area contributed by atoms with Gasteiger partial charge in [-0.2, -0.15) is 0 Å². The van der Waals surface area contributed by atoms with Crippen LogP contribution in [0.1, 0.15) is 63.8 Å². The second kappa shape index (κ2) is 4.29. The van der Waals surface area contributed by atoms with Gasteiger partial charge in [-0.05, 0) is 34.4 Å². The van der Waals surface area contributed by atoms with E-state index in [2.05, 4.69) is 66.9 Å². The summed E-state index contributed by atoms with van der Waals surface area (Å²) in [6.07, 6.45) is 2.17. The van der Waals surface area contributed by atoms with Crippen LogP contribution in [0.5, 0.6) is 0 Å². The third kappa shape index (κ3) is 2.77. The Bertz CT molecular complexity index is 428. The maximum Gasteiger partial charge on any atom is 0.234 e. The Hall–Kier alpha value is -1.11. The van der Waals surface area contributed by atoms with Crippen LogP contribution in [0.4, 0.5) is 0 Å². The molecule has 0 saturated heterocycles. The van der Waals surface area contributed by atoms with Crippen molar-refractivity contribution < 1.29 is 4.79 Å². The Kier molecular flexibility index (Phi) is 3.52. The molecule has 0 bridgehead atoms. The Morgan fingerprint density at radius 1 is 0.941 bits per heavy atom. The fourth-order valence-electron chi connectivity index (χ4n) is 2.40. The standard InChI is InChI=1S/C16H23O/c1-11-8-9-13(15(2,3)4)12(10-17)14(11)16(5,6)7/h8-9H,1-7H3. The van der Waals surface area contributed by atoms with E-state index in [0.717, 1.165) is 16.7 Å². The molecule has 0 amide bonds. The summed E-state index contributed by atoms with van der Waals surface area (Å²) in [5.74, 6) is 0. The largest absolute Gasteiger partial charge is 0.285 e. The molecule has 0 aliphatic rings. The summed E-state index contributed by atoms with van der Waals surface area (Å²) in [7, 11) is 0. The molecule has 0 atom stereocenters. The molecule has 1 aromatic rings. The van der Waals surface area contributed by atoms with Gasteiger partial charge in [0, 0.05) is 5.56 Å². The minimum Gasteiger partial charge on any atom is -0.285 e. The van der Waals surface area contributed by atoms with E-state index in [-0.39, 0.29) is 10.8 Å². The Morgan fingerprint density at radius 3 is 1.82 bits per heavy atom. The summed E-state index contributed by atoms with van der Waals surface area (Å²) in [6.45, 7) is 14.9. The Balaban J connectivity index is 3.66. The van der Waals surface area contributed by atoms with E-state index < -0.39 is 0 Å². The molecule has 0 fully saturated rings. The molecular weight excluding hydrogens is 208 g/mol. The van der Waals surface area contributed by atoms with Crippen molar-refractivity contribution in [3.8, 4) is 0 Å². The summed E-state index contributed by atoms with van der Waals surface area (Å²) >= 11 is 0. The van der Waals surface area contributed by atoms with Crippen LogP contribution in [0.3, 0.4) is 0 Å². The second-order valence-electron chi connectivity index (χ2n) is 6.78. The number of aryl methyl sites for hydroxylation is 1. The van der Waals surface area contributed by atoms with Crippen LogP contribution in [0.2, 0.25) is 0 Å². The molecule has 93 valence electrons. The van der Waals surface area contributed by atoms with Crippen molar-refractivity contribution >= 4 is 6.29 Å². The lowest BCUT2D eigenvalue weighted by Gasteiger charge is -2.29. The maximum absolute atomic E-state index is 11.4. The number of rotatable bonds is 1. The first kappa shape index (κ1) is 14.0. The normalized spacial score (nSPS) is 12.6. The topological polar surface area (TPSA) is 17.1 Å². The lowest BCUT2D eigenvalue weighted by atomic mass is 9.75. The third-order valence-corrected chi connectivity index (χ3v) is 3.07. The zero-order valence-electron chi connectivity index (χ0n) is 12.1. The van der Waals surface area contributed by atoms with Gasteiger partial charge in [0.05, 0.1) is 0 Å². The van der Waals surface area contributed by atoms with Crippen LogP contribution in [0.25, 0.3) is 0 Å². The Labute approximate surface area is 105 Å². The summed E-state index contributed by atoms with van der Waals surface area (Å²) in [6, 6.07) is 4.17. The van der Waals surface area contributed by atoms with Gasteiger partial charge < -0.3 is 0 Å². The van der Waals surface area contributed by atoms with Crippen LogP contribution < -0.4 is 0 Å². The molecular formula is C16H23O. The Morgan fingerprint density at radius 2 is 1.47 bits per heavy atom. The lowest BCUT2D eigenvalue weighted by molar-refractivity contribution is 0.542. The van der Waals surface area contributed by atoms with E-state index in [4.69, 9.17) is 0 Å². The fraction of sp³-hybridized carbons (Fsp3) is 0.562. The lowest BCUT2D eigenvalue weighted by Crippen LogP contribution is -2.22. The van der Waals surface area contributed by atoms with Crippen molar-refractivity contribution in [3.63, 3.8) is 0 Å². The molecule has 0 saturated carbocycles. The van der Waals surface area contributed by atoms with Gasteiger partial charge in [-0.3, -0.25) is 4.79 Å². The van der Waals surface area contributed by atoms with Crippen LogP contribution in [0, 0.1) is 6.92 Å². The van der Waals surface area contributed by atoms with Crippen molar-refractivity contribution in [1.29, 1.82) is 0 Å². The third-order valence-electron chi connectivity index (χ3n) is 3.07. The van der Waals surface area contributed by atoms with E-state index in [1.807, 2.05) is 0 Å². The molecule has 0 heterocycles. The van der Waals surface area contributed by atoms with Crippen molar-refractivity contribution in [2.75, 3.05) is 0 Å². The molecule has 1 radical (unpaired) electrons. The molecule has 1 heteroatoms. The van der Waals surface area contributed by atoms with Crippen LogP contribution >= 0.6 is 0 Å². The monoisotopic (exact) mass is 231 g/mol. The minimum atomic E-state index is -0.0297. The molecule has 17 heavy (non-hydrogen) atoms. The van der Waals surface area contributed by atoms with Crippen molar-refractivity contribution in [3.05, 3.63) is 34.4 Å². The summed E-state index contributed by atoms with van der Waals surface area (Å²) in [5.41, 5.74) is 4.08. The second-order valence-corrected chi connectivity index (χ2v) is 6.78. The highest BCUT2D eigenvalue weighted by Gasteiger charge is 2.26. The average Bonchev–Trinajstić information content (AvgIpc) is 2.12. The van der Waals surface area contributed by atoms with Gasteiger partial charge in [0.25, 0.3) is 0 Å². The molecule has 0 unspecified atom stereocenters. The molecule has 1 nitrogen and oxygen atoms in total. The van der Waals surface area contributed by atoms with Crippen LogP contribution in [-0.2, 0) is 15.6 Å². The van der Waals surface area contributed by atoms with Crippen LogP contribution in [-0.4, -0.2) is 6.29 Å². The maximum atomic E-state index is 11.4. The van der Waals surface area contributed by atoms with Gasteiger partial charge in [-0.15, -0.1) is 0 Å². The summed E-state index contributed by atoms with van der Waals surface area (Å²) in [5, 5.41) is 0. The quantitative estimate of drug-likeness (QED) is 0.712. The highest BCUT2D eigenvalue weighted by atomic mass is 16.1. The van der Waals surface area contributed by atoms with Gasteiger partial charge in [0.1, 0.15) is 0 Å². The molecule has 0 aromatic heterocycles. The molecule has 0 N–H and O–H groups in total. The number of benzene rings is 1. The van der Waals surface area contributed by atoms with Gasteiger partial charge in [-0.1, -0.05) is 53.7 Å². The SMILES string of the molecule is Cc1ccc(C(C)(C)C)c([C]=O)c1C(C)(C)C. The predicted molar refractivity (Wildman–Crippen MR) is 73.4 cm³/mol. The van der Waals surface area contributed by atoms with Gasteiger partial charge in [-0.25, -0.2) is 0 Å². The first-order valence-electron chi connectivity index (χ1n) is 6.11. The van der Waals surface area contributed by atoms with Gasteiger partial charge >= 0.3 is 0 Å². The number of hydrogen-bond donors (Lipinski definition) is 0. The van der Waals surface area contributed by atoms with Crippen molar-refractivity contribution in [2.24, 2.45) is 0 Å². The number of carbonyl (C=O) groups excluding carboxylic acids is 1. The van der Waals surface area contributed by atoms with Crippen molar-refractivity contribution in [1.82, 2.24) is 0 Å². The van der Waals surface area contributed by atoms with E-state index in [1.54, 1.807) is 0 Å². The molecule has 0 aliphatic heterocycles. The van der Waals surface area contributed by atoms with E-state index in [0.29, 0.717) is 0 Å². The summed E-state index contributed by atoms with van der Waals surface area (Å²) < 4.78 is 0. The highest BCUT2D eigenvalue weighted by Crippen LogP contribution is 2.34. The fourth-order valence-corrected chi connectivity index (χ4v) is 2.40. The first-order valence-corrected chi connectivity index (χ1v) is 6.11. The zero-order valence-corrected chi connectivity index (χ0v) is 12.1. The van der Waals surface area contributed by atoms with E-state index in [9.17, 15) is 4.79 Å².